The predicted molar refractivity (Wildman–Crippen MR) is 52.3 cm³/mol. The first-order valence-electron chi connectivity index (χ1n) is 4.87. The van der Waals surface area contributed by atoms with E-state index in [1.165, 1.54) is 12.8 Å². The number of rotatable bonds is 8. The highest BCUT2D eigenvalue weighted by molar-refractivity contribution is 4.53. The summed E-state index contributed by atoms with van der Waals surface area (Å²) < 4.78 is 0. The van der Waals surface area contributed by atoms with Crippen molar-refractivity contribution in [3.63, 3.8) is 0 Å². The molecular weight excluding hydrogens is 152 g/mol. The van der Waals surface area contributed by atoms with Crippen molar-refractivity contribution in [2.75, 3.05) is 26.2 Å². The molecule has 0 aromatic heterocycles. The molecule has 0 saturated carbocycles. The topological polar surface area (TPSA) is 44.3 Å². The summed E-state index contributed by atoms with van der Waals surface area (Å²) in [6.07, 6.45) is 2.17. The average Bonchev–Trinajstić information content (AvgIpc) is 2.02. The zero-order valence-corrected chi connectivity index (χ0v) is 8.27. The van der Waals surface area contributed by atoms with Gasteiger partial charge in [-0.15, -0.1) is 0 Å². The summed E-state index contributed by atoms with van der Waals surface area (Å²) >= 11 is 0. The summed E-state index contributed by atoms with van der Waals surface area (Å²) in [5.41, 5.74) is 0. The summed E-state index contributed by atoms with van der Waals surface area (Å²) in [5.74, 6) is 0. The third kappa shape index (κ3) is 9.88. The minimum Gasteiger partial charge on any atom is -0.392 e. The number of aliphatic hydroxyl groups is 1. The van der Waals surface area contributed by atoms with Gasteiger partial charge in [-0.3, -0.25) is 0 Å². The van der Waals surface area contributed by atoms with Crippen LogP contribution in [-0.2, 0) is 0 Å². The van der Waals surface area contributed by atoms with Crippen LogP contribution in [0.2, 0.25) is 0 Å². The van der Waals surface area contributed by atoms with Crippen LogP contribution in [0, 0.1) is 0 Å². The van der Waals surface area contributed by atoms with Crippen molar-refractivity contribution in [1.29, 1.82) is 0 Å². The molecular formula is C9H22N2O. The van der Waals surface area contributed by atoms with Gasteiger partial charge in [-0.2, -0.15) is 0 Å². The molecule has 0 aliphatic heterocycles. The quantitative estimate of drug-likeness (QED) is 0.465. The first-order chi connectivity index (χ1) is 5.77. The summed E-state index contributed by atoms with van der Waals surface area (Å²) in [4.78, 5) is 0. The van der Waals surface area contributed by atoms with Crippen molar-refractivity contribution in [1.82, 2.24) is 10.6 Å². The molecule has 1 atom stereocenters. The molecule has 0 aliphatic rings. The maximum Gasteiger partial charge on any atom is 0.0636 e. The van der Waals surface area contributed by atoms with Crippen LogP contribution in [0.25, 0.3) is 0 Å². The lowest BCUT2D eigenvalue weighted by molar-refractivity contribution is 0.191. The Balaban J connectivity index is 2.82. The molecule has 3 N–H and O–H groups in total. The summed E-state index contributed by atoms with van der Waals surface area (Å²) in [6.45, 7) is 7.79. The Bertz CT molecular complexity index is 86.6. The molecule has 0 spiro atoms. The zero-order chi connectivity index (χ0) is 9.23. The number of unbranched alkanes of at least 4 members (excludes halogenated alkanes) is 1. The van der Waals surface area contributed by atoms with E-state index < -0.39 is 0 Å². The number of hydrogen-bond acceptors (Lipinski definition) is 3. The summed E-state index contributed by atoms with van der Waals surface area (Å²) in [5, 5.41) is 15.4. The molecule has 0 amide bonds. The number of aliphatic hydroxyl groups excluding tert-OH is 1. The fourth-order valence-corrected chi connectivity index (χ4v) is 0.988. The highest BCUT2D eigenvalue weighted by atomic mass is 16.3. The van der Waals surface area contributed by atoms with E-state index in [2.05, 4.69) is 17.6 Å². The Kier molecular flexibility index (Phi) is 8.88. The molecule has 74 valence electrons. The van der Waals surface area contributed by atoms with Crippen LogP contribution < -0.4 is 10.6 Å². The Morgan fingerprint density at radius 2 is 1.75 bits per heavy atom. The van der Waals surface area contributed by atoms with E-state index in [9.17, 15) is 0 Å². The van der Waals surface area contributed by atoms with Crippen molar-refractivity contribution >= 4 is 0 Å². The Labute approximate surface area is 75.6 Å². The maximum atomic E-state index is 8.92. The van der Waals surface area contributed by atoms with Crippen LogP contribution in [0.4, 0.5) is 0 Å². The third-order valence-electron chi connectivity index (χ3n) is 1.65. The van der Waals surface area contributed by atoms with E-state index in [0.717, 1.165) is 19.6 Å². The van der Waals surface area contributed by atoms with Gasteiger partial charge in [0.15, 0.2) is 0 Å². The minimum atomic E-state index is -0.223. The lowest BCUT2D eigenvalue weighted by Crippen LogP contribution is -2.25. The highest BCUT2D eigenvalue weighted by Crippen LogP contribution is 1.84. The van der Waals surface area contributed by atoms with Crippen LogP contribution in [0.1, 0.15) is 26.7 Å². The first kappa shape index (κ1) is 11.9. The molecule has 0 rings (SSSR count). The van der Waals surface area contributed by atoms with Gasteiger partial charge in [-0.1, -0.05) is 6.92 Å². The number of nitrogens with one attached hydrogen (secondary N) is 2. The Morgan fingerprint density at radius 1 is 1.17 bits per heavy atom. The minimum absolute atomic E-state index is 0.223. The molecule has 0 fully saturated rings. The van der Waals surface area contributed by atoms with Gasteiger partial charge in [0.1, 0.15) is 0 Å². The fraction of sp³-hybridized carbons (Fsp3) is 1.00. The van der Waals surface area contributed by atoms with Gasteiger partial charge >= 0.3 is 0 Å². The standard InChI is InChI=1S/C9H22N2O/c1-3-10-6-4-5-7-11-8-9(2)12/h9-12H,3-8H2,1-2H3. The van der Waals surface area contributed by atoms with Crippen molar-refractivity contribution in [3.05, 3.63) is 0 Å². The maximum absolute atomic E-state index is 8.92. The van der Waals surface area contributed by atoms with E-state index in [-0.39, 0.29) is 6.10 Å². The van der Waals surface area contributed by atoms with Gasteiger partial charge in [0.05, 0.1) is 6.10 Å². The van der Waals surface area contributed by atoms with E-state index in [1.54, 1.807) is 6.92 Å². The van der Waals surface area contributed by atoms with E-state index >= 15 is 0 Å². The average molecular weight is 174 g/mol. The largest absolute Gasteiger partial charge is 0.392 e. The summed E-state index contributed by atoms with van der Waals surface area (Å²) in [6, 6.07) is 0. The summed E-state index contributed by atoms with van der Waals surface area (Å²) in [7, 11) is 0. The van der Waals surface area contributed by atoms with Gasteiger partial charge in [0.25, 0.3) is 0 Å². The monoisotopic (exact) mass is 174 g/mol. The highest BCUT2D eigenvalue weighted by Gasteiger charge is 1.93. The van der Waals surface area contributed by atoms with Crippen molar-refractivity contribution in [3.8, 4) is 0 Å². The predicted octanol–water partition coefficient (Wildman–Crippen LogP) is 0.346. The van der Waals surface area contributed by atoms with Gasteiger partial charge in [0.2, 0.25) is 0 Å². The van der Waals surface area contributed by atoms with Gasteiger partial charge in [0, 0.05) is 6.54 Å². The molecule has 3 heteroatoms. The van der Waals surface area contributed by atoms with Crippen molar-refractivity contribution < 1.29 is 5.11 Å². The van der Waals surface area contributed by atoms with Crippen LogP contribution in [0.5, 0.6) is 0 Å². The first-order valence-corrected chi connectivity index (χ1v) is 4.87. The van der Waals surface area contributed by atoms with Crippen molar-refractivity contribution in [2.24, 2.45) is 0 Å². The fourth-order valence-electron chi connectivity index (χ4n) is 0.988. The van der Waals surface area contributed by atoms with E-state index in [4.69, 9.17) is 5.11 Å². The third-order valence-corrected chi connectivity index (χ3v) is 1.65. The molecule has 3 nitrogen and oxygen atoms in total. The molecule has 0 aromatic rings. The number of hydrogen-bond donors (Lipinski definition) is 3. The second-order valence-corrected chi connectivity index (χ2v) is 3.11. The molecule has 0 radical (unpaired) electrons. The molecule has 1 unspecified atom stereocenters. The SMILES string of the molecule is CCNCCCCNCC(C)O. The zero-order valence-electron chi connectivity index (χ0n) is 8.27. The van der Waals surface area contributed by atoms with Gasteiger partial charge in [-0.05, 0) is 39.4 Å². The normalized spacial score (nSPS) is 13.2. The molecule has 0 saturated heterocycles. The van der Waals surface area contributed by atoms with Gasteiger partial charge in [-0.25, -0.2) is 0 Å². The van der Waals surface area contributed by atoms with Gasteiger partial charge < -0.3 is 15.7 Å². The lowest BCUT2D eigenvalue weighted by Gasteiger charge is -2.06. The Hall–Kier alpha value is -0.120. The van der Waals surface area contributed by atoms with Crippen LogP contribution in [-0.4, -0.2) is 37.4 Å². The van der Waals surface area contributed by atoms with Crippen LogP contribution >= 0.6 is 0 Å². The van der Waals surface area contributed by atoms with Crippen LogP contribution in [0.3, 0.4) is 0 Å². The lowest BCUT2D eigenvalue weighted by atomic mass is 10.3. The van der Waals surface area contributed by atoms with Crippen LogP contribution in [0.15, 0.2) is 0 Å². The second kappa shape index (κ2) is 8.97. The molecule has 0 heterocycles. The second-order valence-electron chi connectivity index (χ2n) is 3.11. The smallest absolute Gasteiger partial charge is 0.0636 e. The Morgan fingerprint density at radius 3 is 2.25 bits per heavy atom. The molecule has 0 aliphatic carbocycles. The van der Waals surface area contributed by atoms with E-state index in [0.29, 0.717) is 6.54 Å². The molecule has 0 aromatic carbocycles. The molecule has 0 bridgehead atoms. The molecule has 12 heavy (non-hydrogen) atoms. The van der Waals surface area contributed by atoms with E-state index in [1.807, 2.05) is 0 Å². The van der Waals surface area contributed by atoms with Crippen molar-refractivity contribution in [2.45, 2.75) is 32.8 Å².